The summed E-state index contributed by atoms with van der Waals surface area (Å²) in [5, 5.41) is 40.4. The summed E-state index contributed by atoms with van der Waals surface area (Å²) in [7, 11) is 0. The predicted octanol–water partition coefficient (Wildman–Crippen LogP) is 5.92. The van der Waals surface area contributed by atoms with Gasteiger partial charge in [-0.2, -0.15) is 5.26 Å². The van der Waals surface area contributed by atoms with E-state index in [9.17, 15) is 30.3 Å². The number of hydrogen-bond donors (Lipinski definition) is 0. The minimum Gasteiger partial charge on any atom is -0.420 e. The van der Waals surface area contributed by atoms with E-state index in [0.29, 0.717) is 33.0 Å². The molecule has 0 N–H and O–H groups in total. The number of pyridine rings is 1. The Labute approximate surface area is 233 Å². The molecule has 0 radical (unpaired) electrons. The molecular weight excluding hydrogens is 592 g/mol. The molecule has 0 aliphatic rings. The highest BCUT2D eigenvalue weighted by Gasteiger charge is 2.22. The van der Waals surface area contributed by atoms with E-state index < -0.39 is 21.2 Å². The summed E-state index contributed by atoms with van der Waals surface area (Å²) in [5.41, 5.74) is 1.86. The van der Waals surface area contributed by atoms with Gasteiger partial charge in [0, 0.05) is 34.3 Å². The third-order valence-corrected chi connectivity index (χ3v) is 7.22. The second-order valence-corrected chi connectivity index (χ2v) is 10.1. The number of Topliss-reactive ketones (excluding diaryl/α,β-unsaturated/α-hetero) is 1. The minimum absolute atomic E-state index is 0.0296. The molecule has 0 saturated heterocycles. The quantitative estimate of drug-likeness (QED) is 0.0952. The lowest BCUT2D eigenvalue weighted by atomic mass is 9.96. The third kappa shape index (κ3) is 6.16. The van der Waals surface area contributed by atoms with Crippen molar-refractivity contribution in [1.29, 1.82) is 5.26 Å². The van der Waals surface area contributed by atoms with Crippen LogP contribution in [0.3, 0.4) is 0 Å². The van der Waals surface area contributed by atoms with Crippen LogP contribution in [0.15, 0.2) is 56.4 Å². The fraction of sp³-hybridized carbons (Fsp3) is 0.160. The molecule has 14 heteroatoms. The van der Waals surface area contributed by atoms with Crippen LogP contribution in [0.4, 0.5) is 11.4 Å². The maximum atomic E-state index is 12.8. The monoisotopic (exact) mass is 608 g/mol. The van der Waals surface area contributed by atoms with Crippen LogP contribution >= 0.6 is 27.7 Å². The van der Waals surface area contributed by atoms with Crippen molar-refractivity contribution in [2.45, 2.75) is 31.0 Å². The van der Waals surface area contributed by atoms with Gasteiger partial charge in [0.05, 0.1) is 32.8 Å². The molecule has 0 fully saturated rings. The number of nitro groups is 2. The van der Waals surface area contributed by atoms with Crippen LogP contribution in [0.1, 0.15) is 38.6 Å². The molecule has 2 aromatic heterocycles. The SMILES string of the molecule is Cc1nc(SCc2nnc(-c3cc([N+](=O)[O-])cc([N+](=O)[O-])c3)o2)c(C#N)c(C)c1CC(=O)c1ccc(Br)cc1. The van der Waals surface area contributed by atoms with Crippen molar-refractivity contribution in [2.75, 3.05) is 0 Å². The normalized spacial score (nSPS) is 10.7. The minimum atomic E-state index is -0.750. The van der Waals surface area contributed by atoms with Crippen molar-refractivity contribution >= 4 is 44.8 Å². The predicted molar refractivity (Wildman–Crippen MR) is 143 cm³/mol. The van der Waals surface area contributed by atoms with Crippen molar-refractivity contribution in [3.05, 3.63) is 101 Å². The molecular formula is C25H17BrN6O6S. The van der Waals surface area contributed by atoms with E-state index in [1.807, 2.05) is 0 Å². The van der Waals surface area contributed by atoms with E-state index in [4.69, 9.17) is 4.42 Å². The number of ketones is 1. The first-order valence-corrected chi connectivity index (χ1v) is 12.9. The summed E-state index contributed by atoms with van der Waals surface area (Å²) in [4.78, 5) is 38.2. The van der Waals surface area contributed by atoms with E-state index in [0.717, 1.165) is 22.7 Å². The van der Waals surface area contributed by atoms with Crippen LogP contribution in [-0.4, -0.2) is 30.8 Å². The Balaban J connectivity index is 1.55. The van der Waals surface area contributed by atoms with Crippen LogP contribution in [0, 0.1) is 45.4 Å². The third-order valence-electron chi connectivity index (χ3n) is 5.73. The van der Waals surface area contributed by atoms with Crippen molar-refractivity contribution in [3.8, 4) is 17.5 Å². The zero-order valence-electron chi connectivity index (χ0n) is 20.4. The van der Waals surface area contributed by atoms with E-state index in [2.05, 4.69) is 37.2 Å². The van der Waals surface area contributed by atoms with Gasteiger partial charge in [0.25, 0.3) is 11.4 Å². The molecule has 0 amide bonds. The molecule has 4 aromatic rings. The number of benzene rings is 2. The molecule has 12 nitrogen and oxygen atoms in total. The van der Waals surface area contributed by atoms with Gasteiger partial charge in [0.2, 0.25) is 11.8 Å². The highest BCUT2D eigenvalue weighted by molar-refractivity contribution is 9.10. The summed E-state index contributed by atoms with van der Waals surface area (Å²) in [6, 6.07) is 12.2. The lowest BCUT2D eigenvalue weighted by Crippen LogP contribution is -2.10. The lowest BCUT2D eigenvalue weighted by Gasteiger charge is -2.13. The van der Waals surface area contributed by atoms with Gasteiger partial charge < -0.3 is 4.42 Å². The highest BCUT2D eigenvalue weighted by Crippen LogP contribution is 2.32. The maximum absolute atomic E-state index is 12.8. The summed E-state index contributed by atoms with van der Waals surface area (Å²) >= 11 is 4.52. The molecule has 0 spiro atoms. The summed E-state index contributed by atoms with van der Waals surface area (Å²) in [5.74, 6) is 0.0149. The number of nitro benzene ring substituents is 2. The Kier molecular flexibility index (Phi) is 8.12. The number of aryl methyl sites for hydroxylation is 1. The van der Waals surface area contributed by atoms with E-state index in [-0.39, 0.29) is 35.3 Å². The van der Waals surface area contributed by atoms with Crippen LogP contribution in [0.25, 0.3) is 11.5 Å². The number of nitriles is 1. The zero-order valence-corrected chi connectivity index (χ0v) is 22.8. The Bertz CT molecular complexity index is 1630. The molecule has 0 saturated carbocycles. The molecule has 4 rings (SSSR count). The molecule has 0 bridgehead atoms. The molecule has 2 aromatic carbocycles. The van der Waals surface area contributed by atoms with Crippen molar-refractivity contribution in [3.63, 3.8) is 0 Å². The number of non-ortho nitro benzene ring substituents is 2. The largest absolute Gasteiger partial charge is 0.420 e. The van der Waals surface area contributed by atoms with Gasteiger partial charge in [-0.1, -0.05) is 39.8 Å². The smallest absolute Gasteiger partial charge is 0.277 e. The lowest BCUT2D eigenvalue weighted by molar-refractivity contribution is -0.394. The molecule has 0 aliphatic carbocycles. The zero-order chi connectivity index (χ0) is 28.3. The number of rotatable bonds is 9. The number of hydrogen-bond acceptors (Lipinski definition) is 11. The van der Waals surface area contributed by atoms with Gasteiger partial charge >= 0.3 is 0 Å². The molecule has 0 aliphatic heterocycles. The standard InChI is InChI=1S/C25H17BrN6O6S/c1-13-20(10-22(33)15-3-5-17(26)6-4-15)14(2)28-25(21(13)11-27)39-12-23-29-30-24(38-23)16-7-18(31(34)35)9-19(8-16)32(36)37/h3-9H,10,12H2,1-2H3. The van der Waals surface area contributed by atoms with Gasteiger partial charge in [-0.3, -0.25) is 25.0 Å². The number of carbonyl (C=O) groups is 1. The van der Waals surface area contributed by atoms with Crippen LogP contribution in [0.2, 0.25) is 0 Å². The van der Waals surface area contributed by atoms with Gasteiger partial charge in [-0.15, -0.1) is 10.2 Å². The second-order valence-electron chi connectivity index (χ2n) is 8.24. The van der Waals surface area contributed by atoms with Gasteiger partial charge in [0.1, 0.15) is 11.1 Å². The first-order valence-electron chi connectivity index (χ1n) is 11.2. The van der Waals surface area contributed by atoms with Gasteiger partial charge in [-0.05, 0) is 37.1 Å². The van der Waals surface area contributed by atoms with Crippen LogP contribution in [0.5, 0.6) is 0 Å². The fourth-order valence-electron chi connectivity index (χ4n) is 3.74. The van der Waals surface area contributed by atoms with Crippen molar-refractivity contribution < 1.29 is 19.1 Å². The topological polar surface area (TPSA) is 179 Å². The Morgan fingerprint density at radius 1 is 1.08 bits per heavy atom. The number of carbonyl (C=O) groups excluding carboxylic acids is 1. The average molecular weight is 609 g/mol. The molecule has 0 unspecified atom stereocenters. The van der Waals surface area contributed by atoms with Crippen molar-refractivity contribution in [1.82, 2.24) is 15.2 Å². The number of thioether (sulfide) groups is 1. The highest BCUT2D eigenvalue weighted by atomic mass is 79.9. The Morgan fingerprint density at radius 3 is 2.31 bits per heavy atom. The van der Waals surface area contributed by atoms with Crippen LogP contribution < -0.4 is 0 Å². The number of aromatic nitrogens is 3. The fourth-order valence-corrected chi connectivity index (χ4v) is 4.93. The van der Waals surface area contributed by atoms with E-state index in [1.165, 1.54) is 11.8 Å². The molecule has 39 heavy (non-hydrogen) atoms. The summed E-state index contributed by atoms with van der Waals surface area (Å²) < 4.78 is 6.44. The summed E-state index contributed by atoms with van der Waals surface area (Å²) in [6.45, 7) is 3.53. The number of nitrogens with zero attached hydrogens (tertiary/aromatic N) is 6. The van der Waals surface area contributed by atoms with Crippen molar-refractivity contribution in [2.24, 2.45) is 0 Å². The van der Waals surface area contributed by atoms with Crippen LogP contribution in [-0.2, 0) is 12.2 Å². The summed E-state index contributed by atoms with van der Waals surface area (Å²) in [6.07, 6.45) is 0.0916. The first kappa shape index (κ1) is 27.6. The molecule has 2 heterocycles. The maximum Gasteiger partial charge on any atom is 0.277 e. The first-order chi connectivity index (χ1) is 18.6. The van der Waals surface area contributed by atoms with Gasteiger partial charge in [0.15, 0.2) is 5.78 Å². The van der Waals surface area contributed by atoms with E-state index in [1.54, 1.807) is 38.1 Å². The number of halogens is 1. The average Bonchev–Trinajstić information content (AvgIpc) is 3.39. The van der Waals surface area contributed by atoms with E-state index >= 15 is 0 Å². The molecule has 196 valence electrons. The Hall–Kier alpha value is -4.48. The second kappa shape index (κ2) is 11.5. The van der Waals surface area contributed by atoms with Gasteiger partial charge in [-0.25, -0.2) is 4.98 Å². The Morgan fingerprint density at radius 2 is 1.72 bits per heavy atom. The molecule has 0 atom stereocenters.